The quantitative estimate of drug-likeness (QED) is 0.649. The van der Waals surface area contributed by atoms with Crippen LogP contribution in [0, 0.1) is 6.92 Å². The first-order chi connectivity index (χ1) is 6.36. The van der Waals surface area contributed by atoms with E-state index in [1.54, 1.807) is 0 Å². The highest BCUT2D eigenvalue weighted by atomic mass is 15.3. The average Bonchev–Trinajstić information content (AvgIpc) is 2.20. The third-order valence-corrected chi connectivity index (χ3v) is 1.72. The first-order valence-corrected chi connectivity index (χ1v) is 3.93. The average molecular weight is 172 g/mol. The molecule has 0 radical (unpaired) electrons. The maximum absolute atomic E-state index is 3.86. The van der Waals surface area contributed by atoms with Crippen LogP contribution in [0.25, 0.3) is 11.4 Å². The Balaban J connectivity index is 2.42. The van der Waals surface area contributed by atoms with E-state index < -0.39 is 0 Å². The number of nitrogens with zero attached hydrogens (tertiary/aromatic N) is 4. The van der Waals surface area contributed by atoms with Crippen molar-refractivity contribution in [2.45, 2.75) is 6.92 Å². The Hall–Kier alpha value is -1.84. The highest BCUT2D eigenvalue weighted by Crippen LogP contribution is 2.12. The van der Waals surface area contributed by atoms with Gasteiger partial charge in [-0.3, -0.25) is 0 Å². The van der Waals surface area contributed by atoms with Gasteiger partial charge in [-0.05, 0) is 6.92 Å². The smallest absolute Gasteiger partial charge is 0.135 e. The minimum atomic E-state index is 0.558. The summed E-state index contributed by atoms with van der Waals surface area (Å²) in [7, 11) is 0. The Morgan fingerprint density at radius 2 is 1.54 bits per heavy atom. The monoisotopic (exact) mass is 172 g/mol. The number of aromatic nitrogens is 4. The number of aryl methyl sites for hydroxylation is 1. The van der Waals surface area contributed by atoms with Gasteiger partial charge in [-0.2, -0.15) is 0 Å². The van der Waals surface area contributed by atoms with Crippen molar-refractivity contribution >= 4 is 0 Å². The molecule has 2 rings (SSSR count). The molecule has 0 atom stereocenters. The van der Waals surface area contributed by atoms with Crippen molar-refractivity contribution in [3.63, 3.8) is 0 Å². The Bertz CT molecular complexity index is 382. The van der Waals surface area contributed by atoms with E-state index in [4.69, 9.17) is 0 Å². The molecule has 1 aromatic heterocycles. The van der Waals surface area contributed by atoms with Gasteiger partial charge in [0.1, 0.15) is 0 Å². The Morgan fingerprint density at radius 1 is 0.923 bits per heavy atom. The molecule has 0 amide bonds. The molecule has 0 fully saturated rings. The molecule has 13 heavy (non-hydrogen) atoms. The summed E-state index contributed by atoms with van der Waals surface area (Å²) >= 11 is 0. The van der Waals surface area contributed by atoms with Crippen LogP contribution in [0.15, 0.2) is 30.6 Å². The third kappa shape index (κ3) is 1.66. The van der Waals surface area contributed by atoms with Crippen molar-refractivity contribution in [2.24, 2.45) is 0 Å². The molecule has 0 unspecified atom stereocenters. The van der Waals surface area contributed by atoms with Gasteiger partial charge in [0.15, 0.2) is 6.33 Å². The first-order valence-electron chi connectivity index (χ1n) is 3.93. The third-order valence-electron chi connectivity index (χ3n) is 1.72. The second kappa shape index (κ2) is 3.26. The van der Waals surface area contributed by atoms with Gasteiger partial charge in [-0.1, -0.05) is 29.8 Å². The fourth-order valence-electron chi connectivity index (χ4n) is 1.02. The van der Waals surface area contributed by atoms with E-state index in [0.29, 0.717) is 5.82 Å². The lowest BCUT2D eigenvalue weighted by molar-refractivity contribution is 0.864. The topological polar surface area (TPSA) is 51.6 Å². The van der Waals surface area contributed by atoms with Gasteiger partial charge in [0.2, 0.25) is 5.82 Å². The molecule has 0 bridgehead atoms. The van der Waals surface area contributed by atoms with E-state index in [1.807, 2.05) is 31.2 Å². The maximum Gasteiger partial charge on any atom is 0.203 e. The molecule has 1 heterocycles. The summed E-state index contributed by atoms with van der Waals surface area (Å²) in [6.45, 7) is 2.03. The predicted octanol–water partition coefficient (Wildman–Crippen LogP) is 1.24. The fraction of sp³-hybridized carbons (Fsp3) is 0.111. The predicted molar refractivity (Wildman–Crippen MR) is 47.8 cm³/mol. The lowest BCUT2D eigenvalue weighted by Gasteiger charge is -1.96. The second-order valence-corrected chi connectivity index (χ2v) is 2.74. The molecule has 0 saturated carbocycles. The second-order valence-electron chi connectivity index (χ2n) is 2.74. The van der Waals surface area contributed by atoms with E-state index in [0.717, 1.165) is 5.56 Å². The van der Waals surface area contributed by atoms with Crippen molar-refractivity contribution in [3.05, 3.63) is 36.2 Å². The summed E-state index contributed by atoms with van der Waals surface area (Å²) < 4.78 is 0. The minimum absolute atomic E-state index is 0.558. The molecule has 64 valence electrons. The lowest BCUT2D eigenvalue weighted by atomic mass is 10.1. The molecule has 4 heteroatoms. The molecule has 0 saturated heterocycles. The molecule has 0 aliphatic heterocycles. The van der Waals surface area contributed by atoms with Crippen molar-refractivity contribution < 1.29 is 0 Å². The van der Waals surface area contributed by atoms with E-state index >= 15 is 0 Å². The molecular weight excluding hydrogens is 164 g/mol. The van der Waals surface area contributed by atoms with Gasteiger partial charge < -0.3 is 0 Å². The number of hydrogen-bond acceptors (Lipinski definition) is 4. The van der Waals surface area contributed by atoms with Crippen molar-refractivity contribution in [1.82, 2.24) is 20.4 Å². The summed E-state index contributed by atoms with van der Waals surface area (Å²) in [6.07, 6.45) is 1.32. The normalized spacial score (nSPS) is 9.92. The lowest BCUT2D eigenvalue weighted by Crippen LogP contribution is -1.93. The molecule has 4 nitrogen and oxygen atoms in total. The summed E-state index contributed by atoms with van der Waals surface area (Å²) in [5.41, 5.74) is 2.15. The van der Waals surface area contributed by atoms with Crippen LogP contribution < -0.4 is 0 Å². The van der Waals surface area contributed by atoms with Crippen LogP contribution in [0.4, 0.5) is 0 Å². The maximum atomic E-state index is 3.86. The van der Waals surface area contributed by atoms with Gasteiger partial charge >= 0.3 is 0 Å². The highest BCUT2D eigenvalue weighted by Gasteiger charge is 1.99. The van der Waals surface area contributed by atoms with Gasteiger partial charge in [-0.15, -0.1) is 20.4 Å². The van der Waals surface area contributed by atoms with Gasteiger partial charge in [-0.25, -0.2) is 0 Å². The number of benzene rings is 1. The van der Waals surface area contributed by atoms with Crippen LogP contribution in [0.5, 0.6) is 0 Å². The van der Waals surface area contributed by atoms with E-state index in [1.165, 1.54) is 11.9 Å². The van der Waals surface area contributed by atoms with E-state index in [-0.39, 0.29) is 0 Å². The molecule has 0 spiro atoms. The van der Waals surface area contributed by atoms with Gasteiger partial charge in [0, 0.05) is 5.56 Å². The number of hydrogen-bond donors (Lipinski definition) is 0. The molecular formula is C9H8N4. The summed E-state index contributed by atoms with van der Waals surface area (Å²) in [4.78, 5) is 0. The van der Waals surface area contributed by atoms with Crippen LogP contribution in [0.3, 0.4) is 0 Å². The zero-order chi connectivity index (χ0) is 9.10. The summed E-state index contributed by atoms with van der Waals surface area (Å²) in [6, 6.07) is 7.92. The summed E-state index contributed by atoms with van der Waals surface area (Å²) in [5.74, 6) is 0.558. The Morgan fingerprint density at radius 3 is 2.15 bits per heavy atom. The molecule has 1 aromatic carbocycles. The standard InChI is InChI=1S/C9H8N4/c1-7-2-4-8(5-3-7)9-12-10-6-11-13-9/h2-6H,1H3. The first kappa shape index (κ1) is 7.79. The highest BCUT2D eigenvalue weighted by molar-refractivity contribution is 5.53. The van der Waals surface area contributed by atoms with Crippen molar-refractivity contribution in [3.8, 4) is 11.4 Å². The molecule has 2 aromatic rings. The van der Waals surface area contributed by atoms with Crippen molar-refractivity contribution in [1.29, 1.82) is 0 Å². The van der Waals surface area contributed by atoms with Crippen LogP contribution in [-0.4, -0.2) is 20.4 Å². The van der Waals surface area contributed by atoms with E-state index in [9.17, 15) is 0 Å². The Labute approximate surface area is 75.7 Å². The molecule has 0 N–H and O–H groups in total. The van der Waals surface area contributed by atoms with Crippen LogP contribution in [0.2, 0.25) is 0 Å². The van der Waals surface area contributed by atoms with Crippen LogP contribution >= 0.6 is 0 Å². The van der Waals surface area contributed by atoms with Gasteiger partial charge in [0.25, 0.3) is 0 Å². The number of rotatable bonds is 1. The fourth-order valence-corrected chi connectivity index (χ4v) is 1.02. The van der Waals surface area contributed by atoms with Crippen LogP contribution in [-0.2, 0) is 0 Å². The minimum Gasteiger partial charge on any atom is -0.135 e. The molecule has 0 aliphatic carbocycles. The Kier molecular flexibility index (Phi) is 1.96. The van der Waals surface area contributed by atoms with Gasteiger partial charge in [0.05, 0.1) is 0 Å². The zero-order valence-corrected chi connectivity index (χ0v) is 7.18. The molecule has 0 aliphatic rings. The SMILES string of the molecule is Cc1ccc(-c2nncnn2)cc1. The van der Waals surface area contributed by atoms with Crippen LogP contribution in [0.1, 0.15) is 5.56 Å². The van der Waals surface area contributed by atoms with E-state index in [2.05, 4.69) is 20.4 Å². The zero-order valence-electron chi connectivity index (χ0n) is 7.18. The summed E-state index contributed by atoms with van der Waals surface area (Å²) in [5, 5.41) is 15.0. The largest absolute Gasteiger partial charge is 0.203 e. The van der Waals surface area contributed by atoms with Crippen molar-refractivity contribution in [2.75, 3.05) is 0 Å².